The van der Waals surface area contributed by atoms with Gasteiger partial charge in [0.15, 0.2) is 0 Å². The van der Waals surface area contributed by atoms with E-state index < -0.39 is 24.5 Å². The van der Waals surface area contributed by atoms with Crippen molar-refractivity contribution in [2.75, 3.05) is 58.3 Å². The number of nitrogens with one attached hydrogen (secondary N) is 2. The average Bonchev–Trinajstić information content (AvgIpc) is 3.51. The van der Waals surface area contributed by atoms with Gasteiger partial charge in [0.2, 0.25) is 0 Å². The molecule has 8 atom stereocenters. The first-order valence-corrected chi connectivity index (χ1v) is 16.2. The van der Waals surface area contributed by atoms with Gasteiger partial charge in [0.05, 0.1) is 49.3 Å². The zero-order chi connectivity index (χ0) is 29.3. The molecule has 4 unspecified atom stereocenters. The van der Waals surface area contributed by atoms with Gasteiger partial charge in [-0.3, -0.25) is 15.1 Å². The van der Waals surface area contributed by atoms with Crippen molar-refractivity contribution in [2.45, 2.75) is 106 Å². The van der Waals surface area contributed by atoms with E-state index in [4.69, 9.17) is 10.5 Å². The Kier molecular flexibility index (Phi) is 7.94. The van der Waals surface area contributed by atoms with E-state index in [1.54, 1.807) is 0 Å². The van der Waals surface area contributed by atoms with E-state index in [9.17, 15) is 10.2 Å². The van der Waals surface area contributed by atoms with Gasteiger partial charge >= 0.3 is 0 Å². The van der Waals surface area contributed by atoms with Crippen LogP contribution in [0.1, 0.15) is 56.4 Å². The van der Waals surface area contributed by atoms with Crippen molar-refractivity contribution in [2.24, 2.45) is 11.7 Å². The lowest BCUT2D eigenvalue weighted by molar-refractivity contribution is -0.113. The largest absolute Gasteiger partial charge is 0.387 e. The standard InChI is InChI=1S/C31H52N8O3/c1-35(15-24-27(40)28(41)31(42-24)39-17-37(3)26-29(32)36(2)16-33-30(26)39)21-12-18(13-21)8-11-25-34-22-14-20(19-6-5-7-19)9-10-23(22)38(25)4/h9-10,14,18-19,21,24-31,33-34,40-41H,5-8,11-13,15-17,32H2,1-4H3/t18-,21+,24-,25?,26?,27-,28-,29?,30?,31-/m1/s1. The van der Waals surface area contributed by atoms with Crippen molar-refractivity contribution in [1.29, 1.82) is 0 Å². The van der Waals surface area contributed by atoms with Crippen LogP contribution in [-0.2, 0) is 4.74 Å². The number of ether oxygens (including phenoxy) is 1. The molecule has 6 N–H and O–H groups in total. The van der Waals surface area contributed by atoms with E-state index in [0.717, 1.165) is 18.3 Å². The predicted octanol–water partition coefficient (Wildman–Crippen LogP) is 0.756. The van der Waals surface area contributed by atoms with Gasteiger partial charge in [-0.1, -0.05) is 12.5 Å². The van der Waals surface area contributed by atoms with Gasteiger partial charge in [0.25, 0.3) is 0 Å². The Bertz CT molecular complexity index is 1120. The van der Waals surface area contributed by atoms with E-state index in [2.05, 4.69) is 74.5 Å². The van der Waals surface area contributed by atoms with E-state index in [-0.39, 0.29) is 18.4 Å². The molecule has 4 heterocycles. The summed E-state index contributed by atoms with van der Waals surface area (Å²) in [5.74, 6) is 1.49. The molecule has 42 heavy (non-hydrogen) atoms. The molecule has 5 fully saturated rings. The normalized spacial score (nSPS) is 41.1. The highest BCUT2D eigenvalue weighted by Crippen LogP contribution is 2.43. The maximum atomic E-state index is 11.0. The molecule has 0 radical (unpaired) electrons. The second-order valence-electron chi connectivity index (χ2n) is 14.2. The molecule has 0 spiro atoms. The molecule has 0 bridgehead atoms. The summed E-state index contributed by atoms with van der Waals surface area (Å²) in [6.45, 7) is 1.92. The van der Waals surface area contributed by atoms with E-state index in [1.165, 1.54) is 55.5 Å². The molecule has 1 aromatic rings. The number of hydrogen-bond donors (Lipinski definition) is 5. The smallest absolute Gasteiger partial charge is 0.142 e. The number of likely N-dealkylation sites (N-methyl/N-ethyl adjacent to an activating group) is 3. The van der Waals surface area contributed by atoms with Crippen LogP contribution in [0.3, 0.4) is 0 Å². The second-order valence-corrected chi connectivity index (χ2v) is 14.2. The van der Waals surface area contributed by atoms with Gasteiger partial charge in [0.1, 0.15) is 24.5 Å². The molecule has 7 rings (SSSR count). The lowest BCUT2D eigenvalue weighted by Gasteiger charge is -2.43. The van der Waals surface area contributed by atoms with E-state index in [0.29, 0.717) is 32.1 Å². The number of nitrogens with two attached hydrogens (primary N) is 1. The molecular formula is C31H52N8O3. The first kappa shape index (κ1) is 29.2. The van der Waals surface area contributed by atoms with Crippen molar-refractivity contribution in [1.82, 2.24) is 24.9 Å². The Morgan fingerprint density at radius 2 is 1.86 bits per heavy atom. The summed E-state index contributed by atoms with van der Waals surface area (Å²) in [5, 5.41) is 29.4. The number of aliphatic hydroxyl groups excluding tert-OH is 2. The van der Waals surface area contributed by atoms with Crippen molar-refractivity contribution >= 4 is 11.4 Å². The quantitative estimate of drug-likeness (QED) is 0.298. The van der Waals surface area contributed by atoms with E-state index >= 15 is 0 Å². The summed E-state index contributed by atoms with van der Waals surface area (Å²) in [6, 6.07) is 7.62. The number of hydrogen-bond acceptors (Lipinski definition) is 11. The second kappa shape index (κ2) is 11.4. The molecule has 1 aromatic carbocycles. The van der Waals surface area contributed by atoms with Crippen LogP contribution in [0.25, 0.3) is 0 Å². The van der Waals surface area contributed by atoms with Gasteiger partial charge < -0.3 is 35.8 Å². The third kappa shape index (κ3) is 5.04. The molecule has 11 heteroatoms. The number of nitrogens with zero attached hydrogens (tertiary/aromatic N) is 5. The fourth-order valence-corrected chi connectivity index (χ4v) is 8.36. The summed E-state index contributed by atoms with van der Waals surface area (Å²) in [5.41, 5.74) is 10.6. The summed E-state index contributed by atoms with van der Waals surface area (Å²) >= 11 is 0. The van der Waals surface area contributed by atoms with Crippen molar-refractivity contribution in [3.05, 3.63) is 23.8 Å². The lowest BCUT2D eigenvalue weighted by atomic mass is 9.76. The summed E-state index contributed by atoms with van der Waals surface area (Å²) in [7, 11) is 8.42. The monoisotopic (exact) mass is 584 g/mol. The topological polar surface area (TPSA) is 116 Å². The van der Waals surface area contributed by atoms with Gasteiger partial charge in [0, 0.05) is 19.6 Å². The zero-order valence-corrected chi connectivity index (χ0v) is 25.8. The molecule has 3 saturated heterocycles. The van der Waals surface area contributed by atoms with Crippen LogP contribution >= 0.6 is 0 Å². The van der Waals surface area contributed by atoms with Crippen LogP contribution in [0.2, 0.25) is 0 Å². The Balaban J connectivity index is 0.874. The maximum absolute atomic E-state index is 11.0. The Morgan fingerprint density at radius 3 is 2.60 bits per heavy atom. The molecule has 234 valence electrons. The number of rotatable bonds is 8. The minimum Gasteiger partial charge on any atom is -0.387 e. The maximum Gasteiger partial charge on any atom is 0.142 e. The highest BCUT2D eigenvalue weighted by molar-refractivity contribution is 5.76. The fourth-order valence-electron chi connectivity index (χ4n) is 8.36. The third-order valence-electron chi connectivity index (χ3n) is 11.6. The van der Waals surface area contributed by atoms with Crippen LogP contribution in [-0.4, -0.2) is 133 Å². The summed E-state index contributed by atoms with van der Waals surface area (Å²) < 4.78 is 6.39. The van der Waals surface area contributed by atoms with Crippen molar-refractivity contribution < 1.29 is 14.9 Å². The van der Waals surface area contributed by atoms with Gasteiger partial charge in [-0.2, -0.15) is 0 Å². The van der Waals surface area contributed by atoms with Gasteiger partial charge in [-0.05, 0) is 89.2 Å². The molecule has 0 amide bonds. The zero-order valence-electron chi connectivity index (χ0n) is 25.8. The molecule has 0 aromatic heterocycles. The van der Waals surface area contributed by atoms with Crippen LogP contribution < -0.4 is 21.3 Å². The summed E-state index contributed by atoms with van der Waals surface area (Å²) in [6.07, 6.45) is 6.16. The molecule has 2 saturated carbocycles. The molecule has 2 aliphatic carbocycles. The van der Waals surface area contributed by atoms with E-state index in [1.807, 2.05) is 7.05 Å². The number of benzene rings is 1. The molecule has 4 aliphatic heterocycles. The number of anilines is 2. The summed E-state index contributed by atoms with van der Waals surface area (Å²) in [4.78, 5) is 11.2. The number of aliphatic hydroxyl groups is 2. The van der Waals surface area contributed by atoms with Crippen LogP contribution in [0, 0.1) is 5.92 Å². The van der Waals surface area contributed by atoms with Crippen LogP contribution in [0.15, 0.2) is 18.2 Å². The van der Waals surface area contributed by atoms with Crippen molar-refractivity contribution in [3.8, 4) is 0 Å². The van der Waals surface area contributed by atoms with Gasteiger partial charge in [-0.25, -0.2) is 4.90 Å². The lowest BCUT2D eigenvalue weighted by Crippen LogP contribution is -2.68. The minimum absolute atomic E-state index is 0.0251. The Morgan fingerprint density at radius 1 is 1.07 bits per heavy atom. The van der Waals surface area contributed by atoms with Crippen LogP contribution in [0.5, 0.6) is 0 Å². The molecular weight excluding hydrogens is 532 g/mol. The molecule has 11 nitrogen and oxygen atoms in total. The highest BCUT2D eigenvalue weighted by atomic mass is 16.6. The Hall–Kier alpha value is -1.54. The predicted molar refractivity (Wildman–Crippen MR) is 164 cm³/mol. The average molecular weight is 585 g/mol. The first-order chi connectivity index (χ1) is 20.2. The third-order valence-corrected chi connectivity index (χ3v) is 11.6. The Labute approximate surface area is 250 Å². The highest BCUT2D eigenvalue weighted by Gasteiger charge is 2.54. The SMILES string of the molecule is CN1CNC2C(C1N)N(C)CN2[C@@H]1O[C@H](CN(C)[C@H]2C[C@@H](CCC3Nc4cc(C5CCC5)ccc4N3C)C2)[C@@H](O)[C@H]1O. The van der Waals surface area contributed by atoms with Crippen molar-refractivity contribution in [3.63, 3.8) is 0 Å². The first-order valence-electron chi connectivity index (χ1n) is 16.2. The van der Waals surface area contributed by atoms with Crippen LogP contribution in [0.4, 0.5) is 11.4 Å². The fraction of sp³-hybridized carbons (Fsp3) is 0.806. The number of fused-ring (bicyclic) bond motifs is 2. The minimum atomic E-state index is -0.952. The van der Waals surface area contributed by atoms with Gasteiger partial charge in [-0.15, -0.1) is 0 Å². The molecule has 6 aliphatic rings.